The average Bonchev–Trinajstić information content (AvgIpc) is 2.86. The zero-order valence-electron chi connectivity index (χ0n) is 24.9. The molecule has 0 aliphatic rings. The summed E-state index contributed by atoms with van der Waals surface area (Å²) in [7, 11) is -4.60. The summed E-state index contributed by atoms with van der Waals surface area (Å²) in [5.41, 5.74) is 2.35. The molecule has 0 aliphatic heterocycles. The minimum atomic E-state index is -2.72. The Morgan fingerprint density at radius 1 is 0.789 bits per heavy atom. The highest BCUT2D eigenvalue weighted by atomic mass is 28.4. The molecule has 0 saturated carbocycles. The largest absolute Gasteiger partial charge is 0.417 e. The molecule has 0 unspecified atom stereocenters. The number of nitrogens with zero attached hydrogens (tertiary/aromatic N) is 1. The van der Waals surface area contributed by atoms with Crippen LogP contribution in [0.25, 0.3) is 6.08 Å². The summed E-state index contributed by atoms with van der Waals surface area (Å²) in [6.07, 6.45) is 6.66. The summed E-state index contributed by atoms with van der Waals surface area (Å²) < 4.78 is 14.3. The van der Waals surface area contributed by atoms with Crippen molar-refractivity contribution in [2.45, 2.75) is 84.2 Å². The molecule has 5 heteroatoms. The van der Waals surface area contributed by atoms with Gasteiger partial charge in [0, 0.05) is 19.0 Å². The molecule has 204 valence electrons. The first kappa shape index (κ1) is 30.2. The molecule has 1 aromatic heterocycles. The predicted molar refractivity (Wildman–Crippen MR) is 168 cm³/mol. The number of pyridine rings is 1. The summed E-state index contributed by atoms with van der Waals surface area (Å²) in [4.78, 5) is 4.20. The van der Waals surface area contributed by atoms with Gasteiger partial charge < -0.3 is 8.85 Å². The van der Waals surface area contributed by atoms with Crippen LogP contribution in [0.2, 0.25) is 23.2 Å². The van der Waals surface area contributed by atoms with Crippen molar-refractivity contribution in [1.29, 1.82) is 0 Å². The van der Waals surface area contributed by atoms with Crippen molar-refractivity contribution in [3.05, 3.63) is 96.3 Å². The summed E-state index contributed by atoms with van der Waals surface area (Å²) in [5.74, 6) is 0. The van der Waals surface area contributed by atoms with Crippen LogP contribution in [0.1, 0.15) is 60.5 Å². The first-order valence-electron chi connectivity index (χ1n) is 13.8. The summed E-state index contributed by atoms with van der Waals surface area (Å²) in [5, 5.41) is 2.67. The second kappa shape index (κ2) is 12.2. The van der Waals surface area contributed by atoms with Crippen LogP contribution < -0.4 is 10.4 Å². The molecule has 2 aromatic carbocycles. The zero-order chi connectivity index (χ0) is 28.0. The highest BCUT2D eigenvalue weighted by Crippen LogP contribution is 2.40. The molecule has 0 bridgehead atoms. The highest BCUT2D eigenvalue weighted by Gasteiger charge is 2.51. The van der Waals surface area contributed by atoms with Crippen LogP contribution >= 0.6 is 0 Å². The monoisotopic (exact) mass is 545 g/mol. The molecule has 0 amide bonds. The molecule has 0 aliphatic carbocycles. The molecule has 0 N–H and O–H groups in total. The van der Waals surface area contributed by atoms with Gasteiger partial charge in [-0.2, -0.15) is 0 Å². The fourth-order valence-electron chi connectivity index (χ4n) is 4.74. The van der Waals surface area contributed by atoms with E-state index in [9.17, 15) is 0 Å². The molecule has 0 radical (unpaired) electrons. The van der Waals surface area contributed by atoms with Crippen molar-refractivity contribution < 1.29 is 8.85 Å². The van der Waals surface area contributed by atoms with E-state index in [-0.39, 0.29) is 16.2 Å². The van der Waals surface area contributed by atoms with Crippen molar-refractivity contribution >= 4 is 33.1 Å². The topological polar surface area (TPSA) is 31.4 Å². The summed E-state index contributed by atoms with van der Waals surface area (Å²) in [6, 6.07) is 25.9. The third kappa shape index (κ3) is 7.00. The van der Waals surface area contributed by atoms with E-state index in [0.29, 0.717) is 6.61 Å². The van der Waals surface area contributed by atoms with Crippen molar-refractivity contribution in [2.24, 2.45) is 0 Å². The first-order valence-corrected chi connectivity index (χ1v) is 18.6. The second-order valence-electron chi connectivity index (χ2n) is 12.8. The SMILES string of the molecule is C/C(=C\c1ccncc1)[C@H](CCO[Si](C)(C)C(C)(C)C)O[Si](c1ccccc1)(c1ccccc1)C(C)(C)C. The highest BCUT2D eigenvalue weighted by molar-refractivity contribution is 6.99. The van der Waals surface area contributed by atoms with Crippen LogP contribution in [0.3, 0.4) is 0 Å². The standard InChI is InChI=1S/C33H47NO2Si2/c1-27(26-28-20-23-34-24-21-28)31(22-25-35-37(8,9)32(2,3)4)36-38(33(5,6)7,29-16-12-10-13-17-29)30-18-14-11-15-19-30/h10-21,23-24,26,31H,22,25H2,1-9H3/b27-26+/t31-/m0/s1. The van der Waals surface area contributed by atoms with Crippen molar-refractivity contribution in [3.63, 3.8) is 0 Å². The third-order valence-electron chi connectivity index (χ3n) is 7.99. The molecule has 0 spiro atoms. The van der Waals surface area contributed by atoms with Crippen LogP contribution in [-0.2, 0) is 8.85 Å². The van der Waals surface area contributed by atoms with Gasteiger partial charge in [0.25, 0.3) is 8.32 Å². The fourth-order valence-corrected chi connectivity index (χ4v) is 10.5. The fraction of sp³-hybridized carbons (Fsp3) is 0.424. The van der Waals surface area contributed by atoms with Crippen LogP contribution in [0.5, 0.6) is 0 Å². The summed E-state index contributed by atoms with van der Waals surface area (Å²) in [6.45, 7) is 21.4. The maximum absolute atomic E-state index is 7.60. The maximum Gasteiger partial charge on any atom is 0.261 e. The van der Waals surface area contributed by atoms with Gasteiger partial charge in [-0.05, 0) is 70.2 Å². The van der Waals surface area contributed by atoms with Gasteiger partial charge in [0.05, 0.1) is 6.10 Å². The molecule has 0 fully saturated rings. The van der Waals surface area contributed by atoms with E-state index in [2.05, 4.69) is 145 Å². The van der Waals surface area contributed by atoms with Gasteiger partial charge in [-0.15, -0.1) is 0 Å². The Balaban J connectivity index is 2.10. The molecule has 0 saturated heterocycles. The lowest BCUT2D eigenvalue weighted by atomic mass is 10.1. The van der Waals surface area contributed by atoms with E-state index in [4.69, 9.17) is 8.85 Å². The molecule has 1 heterocycles. The van der Waals surface area contributed by atoms with Gasteiger partial charge in [-0.1, -0.05) is 108 Å². The third-order valence-corrected chi connectivity index (χ3v) is 17.6. The number of rotatable bonds is 10. The first-order chi connectivity index (χ1) is 17.8. The van der Waals surface area contributed by atoms with Gasteiger partial charge in [-0.3, -0.25) is 4.98 Å². The molecule has 3 aromatic rings. The van der Waals surface area contributed by atoms with Gasteiger partial charge in [0.2, 0.25) is 0 Å². The van der Waals surface area contributed by atoms with Crippen molar-refractivity contribution in [3.8, 4) is 0 Å². The number of benzene rings is 2. The lowest BCUT2D eigenvalue weighted by Crippen LogP contribution is -2.67. The number of hydrogen-bond acceptors (Lipinski definition) is 3. The van der Waals surface area contributed by atoms with Gasteiger partial charge in [0.15, 0.2) is 8.32 Å². The molecular weight excluding hydrogens is 499 g/mol. The van der Waals surface area contributed by atoms with Crippen molar-refractivity contribution in [2.75, 3.05) is 6.61 Å². The van der Waals surface area contributed by atoms with Crippen molar-refractivity contribution in [1.82, 2.24) is 4.98 Å². The van der Waals surface area contributed by atoms with Crippen LogP contribution in [0, 0.1) is 0 Å². The molecule has 3 rings (SSSR count). The quantitative estimate of drug-likeness (QED) is 0.243. The lowest BCUT2D eigenvalue weighted by Gasteiger charge is -2.45. The molecule has 38 heavy (non-hydrogen) atoms. The lowest BCUT2D eigenvalue weighted by molar-refractivity contribution is 0.173. The normalized spacial score (nSPS) is 14.4. The Hall–Kier alpha value is -2.32. The van der Waals surface area contributed by atoms with E-state index in [0.717, 1.165) is 12.0 Å². The average molecular weight is 546 g/mol. The molecule has 1 atom stereocenters. The Morgan fingerprint density at radius 3 is 1.74 bits per heavy atom. The Kier molecular flexibility index (Phi) is 9.74. The molecule has 3 nitrogen and oxygen atoms in total. The van der Waals surface area contributed by atoms with Gasteiger partial charge in [0.1, 0.15) is 0 Å². The minimum absolute atomic E-state index is 0.0840. The van der Waals surface area contributed by atoms with Gasteiger partial charge >= 0.3 is 0 Å². The summed E-state index contributed by atoms with van der Waals surface area (Å²) >= 11 is 0. The van der Waals surface area contributed by atoms with E-state index < -0.39 is 16.6 Å². The Morgan fingerprint density at radius 2 is 1.29 bits per heavy atom. The smallest absolute Gasteiger partial charge is 0.261 e. The number of aromatic nitrogens is 1. The van der Waals surface area contributed by atoms with Gasteiger partial charge in [-0.25, -0.2) is 0 Å². The second-order valence-corrected chi connectivity index (χ2v) is 21.9. The predicted octanol–water partition coefficient (Wildman–Crippen LogP) is 7.84. The minimum Gasteiger partial charge on any atom is -0.417 e. The van der Waals surface area contributed by atoms with E-state index in [1.165, 1.54) is 15.9 Å². The van der Waals surface area contributed by atoms with E-state index >= 15 is 0 Å². The molecular formula is C33H47NO2Si2. The van der Waals surface area contributed by atoms with E-state index in [1.807, 2.05) is 12.4 Å². The van der Waals surface area contributed by atoms with Crippen LogP contribution in [0.4, 0.5) is 0 Å². The Bertz CT molecular complexity index is 1120. The maximum atomic E-state index is 7.60. The zero-order valence-corrected chi connectivity index (χ0v) is 26.9. The number of hydrogen-bond donors (Lipinski definition) is 0. The van der Waals surface area contributed by atoms with Crippen LogP contribution in [-0.4, -0.2) is 34.3 Å². The Labute approximate surface area is 233 Å². The van der Waals surface area contributed by atoms with Crippen LogP contribution in [0.15, 0.2) is 90.8 Å². The van der Waals surface area contributed by atoms with E-state index in [1.54, 1.807) is 0 Å².